The molecule has 1 aliphatic rings. The lowest BCUT2D eigenvalue weighted by Gasteiger charge is -2.31. The monoisotopic (exact) mass is 607 g/mol. The summed E-state index contributed by atoms with van der Waals surface area (Å²) in [4.78, 5) is 22.2. The second-order valence-electron chi connectivity index (χ2n) is 10.2. The summed E-state index contributed by atoms with van der Waals surface area (Å²) in [6.07, 6.45) is 5.15. The highest BCUT2D eigenvalue weighted by molar-refractivity contribution is 9.10. The number of nitrogens with zero attached hydrogens (tertiary/aromatic N) is 7. The van der Waals surface area contributed by atoms with Crippen LogP contribution >= 0.6 is 27.3 Å². The Bertz CT molecular complexity index is 1570. The first-order valence-electron chi connectivity index (χ1n) is 13.0. The van der Waals surface area contributed by atoms with Gasteiger partial charge in [-0.2, -0.15) is 15.3 Å². The molecule has 3 aromatic heterocycles. The van der Waals surface area contributed by atoms with Crippen LogP contribution in [-0.4, -0.2) is 48.9 Å². The van der Waals surface area contributed by atoms with E-state index < -0.39 is 5.41 Å². The van der Waals surface area contributed by atoms with Crippen molar-refractivity contribution in [1.29, 1.82) is 5.26 Å². The number of aromatic nitrogens is 6. The average Bonchev–Trinajstić information content (AvgIpc) is 3.64. The van der Waals surface area contributed by atoms with Crippen LogP contribution in [0.25, 0.3) is 27.3 Å². The van der Waals surface area contributed by atoms with Crippen LogP contribution < -0.4 is 10.6 Å². The molecule has 12 heteroatoms. The minimum Gasteiger partial charge on any atom is -0.359 e. The molecule has 39 heavy (non-hydrogen) atoms. The molecule has 1 amide bonds. The number of aryl methyl sites for hydroxylation is 2. The molecule has 0 unspecified atom stereocenters. The van der Waals surface area contributed by atoms with Crippen LogP contribution in [0.4, 0.5) is 5.95 Å². The lowest BCUT2D eigenvalue weighted by Crippen LogP contribution is -2.42. The van der Waals surface area contributed by atoms with Gasteiger partial charge in [0.2, 0.25) is 11.9 Å². The zero-order valence-electron chi connectivity index (χ0n) is 22.3. The smallest absolute Gasteiger partial charge is 0.226 e. The van der Waals surface area contributed by atoms with E-state index in [0.717, 1.165) is 51.5 Å². The molecule has 0 bridgehead atoms. The molecule has 1 fully saturated rings. The van der Waals surface area contributed by atoms with Gasteiger partial charge in [-0.3, -0.25) is 4.79 Å². The zero-order chi connectivity index (χ0) is 27.7. The molecule has 0 radical (unpaired) electrons. The van der Waals surface area contributed by atoms with Gasteiger partial charge in [0, 0.05) is 31.3 Å². The molecule has 2 atom stereocenters. The minimum absolute atomic E-state index is 0.0918. The minimum atomic E-state index is -0.394. The van der Waals surface area contributed by atoms with Crippen molar-refractivity contribution in [2.45, 2.75) is 58.9 Å². The number of anilines is 1. The summed E-state index contributed by atoms with van der Waals surface area (Å²) in [5.74, 6) is 0.829. The van der Waals surface area contributed by atoms with E-state index in [1.54, 1.807) is 17.9 Å². The van der Waals surface area contributed by atoms with E-state index in [1.807, 2.05) is 25.1 Å². The van der Waals surface area contributed by atoms with Crippen LogP contribution in [-0.2, 0) is 11.2 Å². The molecule has 5 rings (SSSR count). The second-order valence-corrected chi connectivity index (χ2v) is 12.2. The standard InChI is InChI=1S/C27H30BrN9OS/c1-15(2)27(25(38)30-4)10-9-18(13-27)32-26-31-14-21-22(28)36-37(23(21)33-26)19-7-8-20(17(12-19)6-5-11-29)24-35-34-16(3)39-24/h7-8,12,14-15,18H,5-6,9-10,13H2,1-4H3,(H,30,38)(H,31,32,33)/t18-,27-/m1/s1. The Labute approximate surface area is 239 Å². The Kier molecular flexibility index (Phi) is 7.64. The van der Waals surface area contributed by atoms with Crippen molar-refractivity contribution in [3.63, 3.8) is 0 Å². The Balaban J connectivity index is 1.48. The summed E-state index contributed by atoms with van der Waals surface area (Å²) in [5, 5.41) is 31.2. The maximum Gasteiger partial charge on any atom is 0.226 e. The number of carbonyl (C=O) groups is 1. The van der Waals surface area contributed by atoms with Crippen LogP contribution in [0.15, 0.2) is 29.0 Å². The van der Waals surface area contributed by atoms with Gasteiger partial charge in [-0.25, -0.2) is 9.67 Å². The summed E-state index contributed by atoms with van der Waals surface area (Å²) < 4.78 is 2.43. The largest absolute Gasteiger partial charge is 0.359 e. The lowest BCUT2D eigenvalue weighted by atomic mass is 9.74. The summed E-state index contributed by atoms with van der Waals surface area (Å²) in [5.41, 5.74) is 3.06. The molecule has 2 N–H and O–H groups in total. The number of rotatable bonds is 8. The van der Waals surface area contributed by atoms with E-state index in [-0.39, 0.29) is 17.9 Å². The van der Waals surface area contributed by atoms with Gasteiger partial charge in [-0.05, 0) is 78.2 Å². The third-order valence-corrected chi connectivity index (χ3v) is 9.10. The van der Waals surface area contributed by atoms with Crippen LogP contribution in [0.1, 0.15) is 50.1 Å². The van der Waals surface area contributed by atoms with Crippen LogP contribution in [0.5, 0.6) is 0 Å². The SMILES string of the molecule is CNC(=O)[C@]1(C(C)C)CC[C@@H](Nc2ncc3c(Br)nn(-c4ccc(-c5nnc(C)s5)c(CCC#N)c4)c3n2)C1. The highest BCUT2D eigenvalue weighted by Crippen LogP contribution is 2.45. The lowest BCUT2D eigenvalue weighted by molar-refractivity contribution is -0.132. The fraction of sp³-hybridized carbons (Fsp3) is 0.444. The fourth-order valence-corrected chi connectivity index (χ4v) is 6.66. The Hall–Kier alpha value is -3.43. The first-order valence-corrected chi connectivity index (χ1v) is 14.6. The predicted molar refractivity (Wildman–Crippen MR) is 155 cm³/mol. The van der Waals surface area contributed by atoms with Gasteiger partial charge in [0.25, 0.3) is 0 Å². The second kappa shape index (κ2) is 11.0. The van der Waals surface area contributed by atoms with Gasteiger partial charge in [-0.15, -0.1) is 10.2 Å². The number of benzene rings is 1. The van der Waals surface area contributed by atoms with Gasteiger partial charge >= 0.3 is 0 Å². The molecule has 0 spiro atoms. The van der Waals surface area contributed by atoms with Crippen molar-refractivity contribution >= 4 is 50.2 Å². The molecule has 202 valence electrons. The topological polar surface area (TPSA) is 134 Å². The number of nitriles is 1. The summed E-state index contributed by atoms with van der Waals surface area (Å²) >= 11 is 5.09. The molecule has 1 aromatic carbocycles. The molecular formula is C27H30BrN9OS. The van der Waals surface area contributed by atoms with E-state index in [4.69, 9.17) is 10.1 Å². The zero-order valence-corrected chi connectivity index (χ0v) is 24.7. The summed E-state index contributed by atoms with van der Waals surface area (Å²) in [6, 6.07) is 8.36. The van der Waals surface area contributed by atoms with Crippen molar-refractivity contribution in [1.82, 2.24) is 35.3 Å². The number of carbonyl (C=O) groups excluding carboxylic acids is 1. The number of hydrogen-bond donors (Lipinski definition) is 2. The molecule has 1 aliphatic carbocycles. The molecule has 0 saturated heterocycles. The summed E-state index contributed by atoms with van der Waals surface area (Å²) in [7, 11) is 1.70. The molecule has 4 aromatic rings. The average molecular weight is 609 g/mol. The fourth-order valence-electron chi connectivity index (χ4n) is 5.46. The number of halogens is 1. The third kappa shape index (κ3) is 5.13. The quantitative estimate of drug-likeness (QED) is 0.278. The van der Waals surface area contributed by atoms with Crippen molar-refractivity contribution in [3.8, 4) is 22.3 Å². The highest BCUT2D eigenvalue weighted by Gasteiger charge is 2.47. The van der Waals surface area contributed by atoms with Crippen molar-refractivity contribution < 1.29 is 4.79 Å². The third-order valence-electron chi connectivity index (χ3n) is 7.64. The normalized spacial score (nSPS) is 18.9. The maximum absolute atomic E-state index is 12.8. The van der Waals surface area contributed by atoms with E-state index in [0.29, 0.717) is 29.0 Å². The van der Waals surface area contributed by atoms with E-state index in [2.05, 4.69) is 61.7 Å². The molecule has 1 saturated carbocycles. The maximum atomic E-state index is 12.8. The van der Waals surface area contributed by atoms with E-state index in [1.165, 1.54) is 11.3 Å². The first-order chi connectivity index (χ1) is 18.8. The molecular weight excluding hydrogens is 578 g/mol. The number of fused-ring (bicyclic) bond motifs is 1. The van der Waals surface area contributed by atoms with Crippen molar-refractivity contribution in [3.05, 3.63) is 39.6 Å². The molecule has 10 nitrogen and oxygen atoms in total. The molecule has 0 aliphatic heterocycles. The van der Waals surface area contributed by atoms with Crippen molar-refractivity contribution in [2.24, 2.45) is 11.3 Å². The molecule has 3 heterocycles. The number of nitrogens with one attached hydrogen (secondary N) is 2. The number of amides is 1. The van der Waals surface area contributed by atoms with Gasteiger partial charge in [0.15, 0.2) is 5.65 Å². The van der Waals surface area contributed by atoms with E-state index in [9.17, 15) is 10.1 Å². The Morgan fingerprint density at radius 2 is 2.18 bits per heavy atom. The highest BCUT2D eigenvalue weighted by atomic mass is 79.9. The van der Waals surface area contributed by atoms with Crippen LogP contribution in [0.2, 0.25) is 0 Å². The van der Waals surface area contributed by atoms with Crippen molar-refractivity contribution in [2.75, 3.05) is 12.4 Å². The van der Waals surface area contributed by atoms with Gasteiger partial charge in [-0.1, -0.05) is 25.2 Å². The van der Waals surface area contributed by atoms with Gasteiger partial charge < -0.3 is 10.6 Å². The Morgan fingerprint density at radius 3 is 2.87 bits per heavy atom. The number of hydrogen-bond acceptors (Lipinski definition) is 9. The first kappa shape index (κ1) is 27.1. The van der Waals surface area contributed by atoms with Crippen LogP contribution in [0, 0.1) is 29.6 Å². The predicted octanol–water partition coefficient (Wildman–Crippen LogP) is 5.21. The van der Waals surface area contributed by atoms with Crippen LogP contribution in [0.3, 0.4) is 0 Å². The van der Waals surface area contributed by atoms with Gasteiger partial charge in [0.05, 0.1) is 22.6 Å². The van der Waals surface area contributed by atoms with Gasteiger partial charge in [0.1, 0.15) is 14.6 Å². The summed E-state index contributed by atoms with van der Waals surface area (Å²) in [6.45, 7) is 6.15. The van der Waals surface area contributed by atoms with E-state index >= 15 is 0 Å². The Morgan fingerprint density at radius 1 is 1.36 bits per heavy atom.